The standard InChI is InChI=1S/C30H30N6O/c1-2-9-27-31-30(16-6-7-17-30)29(37)36(27)20-21-14-15-25(26(18-21)28-32-34-35-33-28)24-13-8-12-23(19-24)22-10-4-3-5-11-22/h3-5,8,10-15,18-19H,2,6-7,9,16-17,20H2,1H3,(H,32,33,34,35). The number of carbonyl (C=O) groups is 1. The second-order valence-corrected chi connectivity index (χ2v) is 9.97. The Bertz CT molecular complexity index is 1440. The molecule has 7 heteroatoms. The van der Waals surface area contributed by atoms with Gasteiger partial charge in [-0.15, -0.1) is 10.2 Å². The van der Waals surface area contributed by atoms with E-state index in [2.05, 4.69) is 82.1 Å². The van der Waals surface area contributed by atoms with Crippen LogP contribution in [0.1, 0.15) is 51.0 Å². The summed E-state index contributed by atoms with van der Waals surface area (Å²) >= 11 is 0. The molecule has 1 aliphatic heterocycles. The molecular weight excluding hydrogens is 460 g/mol. The van der Waals surface area contributed by atoms with Gasteiger partial charge in [-0.3, -0.25) is 14.7 Å². The third-order valence-corrected chi connectivity index (χ3v) is 7.49. The summed E-state index contributed by atoms with van der Waals surface area (Å²) in [5.41, 5.74) is 5.78. The summed E-state index contributed by atoms with van der Waals surface area (Å²) in [7, 11) is 0. The molecule has 0 unspecified atom stereocenters. The molecule has 1 fully saturated rings. The Morgan fingerprint density at radius 3 is 2.43 bits per heavy atom. The molecule has 1 amide bonds. The monoisotopic (exact) mass is 490 g/mol. The van der Waals surface area contributed by atoms with Crippen molar-refractivity contribution in [3.63, 3.8) is 0 Å². The number of nitrogens with one attached hydrogen (secondary N) is 1. The minimum Gasteiger partial charge on any atom is -0.294 e. The van der Waals surface area contributed by atoms with Gasteiger partial charge in [0.15, 0.2) is 0 Å². The van der Waals surface area contributed by atoms with Crippen LogP contribution in [0.25, 0.3) is 33.6 Å². The van der Waals surface area contributed by atoms with Gasteiger partial charge >= 0.3 is 0 Å². The molecule has 1 N–H and O–H groups in total. The smallest absolute Gasteiger partial charge is 0.256 e. The first kappa shape index (κ1) is 23.3. The number of aromatic amines is 1. The number of H-pyrrole nitrogens is 1. The second kappa shape index (κ2) is 9.73. The van der Waals surface area contributed by atoms with Crippen molar-refractivity contribution in [2.45, 2.75) is 57.5 Å². The Labute approximate surface area is 216 Å². The first-order valence-electron chi connectivity index (χ1n) is 13.1. The van der Waals surface area contributed by atoms with E-state index in [4.69, 9.17) is 4.99 Å². The van der Waals surface area contributed by atoms with Gasteiger partial charge in [-0.25, -0.2) is 0 Å². The van der Waals surface area contributed by atoms with Crippen molar-refractivity contribution in [1.82, 2.24) is 25.5 Å². The molecule has 1 aliphatic carbocycles. The highest BCUT2D eigenvalue weighted by Gasteiger charge is 2.49. The van der Waals surface area contributed by atoms with Crippen molar-refractivity contribution in [2.24, 2.45) is 4.99 Å². The number of amidine groups is 1. The molecule has 4 aromatic rings. The van der Waals surface area contributed by atoms with Crippen molar-refractivity contribution in [3.05, 3.63) is 78.4 Å². The van der Waals surface area contributed by atoms with Crippen molar-refractivity contribution in [3.8, 4) is 33.6 Å². The van der Waals surface area contributed by atoms with Gasteiger partial charge in [-0.05, 0) is 64.4 Å². The summed E-state index contributed by atoms with van der Waals surface area (Å²) in [5.74, 6) is 1.62. The fraction of sp³-hybridized carbons (Fsp3) is 0.300. The molecule has 1 spiro atoms. The Kier molecular flexibility index (Phi) is 6.12. The van der Waals surface area contributed by atoms with Crippen LogP contribution in [-0.4, -0.2) is 42.8 Å². The molecule has 6 rings (SSSR count). The van der Waals surface area contributed by atoms with Crippen LogP contribution < -0.4 is 0 Å². The molecule has 7 nitrogen and oxygen atoms in total. The van der Waals surface area contributed by atoms with E-state index in [1.807, 2.05) is 23.1 Å². The zero-order valence-corrected chi connectivity index (χ0v) is 21.0. The van der Waals surface area contributed by atoms with Crippen LogP contribution in [0.5, 0.6) is 0 Å². The number of nitrogens with zero attached hydrogens (tertiary/aromatic N) is 5. The summed E-state index contributed by atoms with van der Waals surface area (Å²) in [6.07, 6.45) is 5.64. The maximum Gasteiger partial charge on any atom is 0.256 e. The summed E-state index contributed by atoms with van der Waals surface area (Å²) in [5, 5.41) is 15.0. The summed E-state index contributed by atoms with van der Waals surface area (Å²) in [6, 6.07) is 25.1. The van der Waals surface area contributed by atoms with Gasteiger partial charge in [-0.1, -0.05) is 80.4 Å². The summed E-state index contributed by atoms with van der Waals surface area (Å²) in [6.45, 7) is 2.63. The zero-order valence-electron chi connectivity index (χ0n) is 21.0. The Morgan fingerprint density at radius 1 is 0.892 bits per heavy atom. The quantitative estimate of drug-likeness (QED) is 0.341. The number of hydrogen-bond donors (Lipinski definition) is 1. The van der Waals surface area contributed by atoms with Crippen molar-refractivity contribution >= 4 is 11.7 Å². The molecular formula is C30H30N6O. The van der Waals surface area contributed by atoms with Crippen molar-refractivity contribution < 1.29 is 4.79 Å². The molecule has 1 saturated carbocycles. The van der Waals surface area contributed by atoms with E-state index < -0.39 is 5.54 Å². The lowest BCUT2D eigenvalue weighted by Crippen LogP contribution is -2.40. The minimum atomic E-state index is -0.529. The van der Waals surface area contributed by atoms with Gasteiger partial charge in [0, 0.05) is 12.0 Å². The molecule has 186 valence electrons. The minimum absolute atomic E-state index is 0.161. The number of rotatable bonds is 7. The number of amides is 1. The van der Waals surface area contributed by atoms with E-state index in [1.54, 1.807) is 0 Å². The lowest BCUT2D eigenvalue weighted by molar-refractivity contribution is -0.131. The van der Waals surface area contributed by atoms with Crippen LogP contribution in [-0.2, 0) is 11.3 Å². The Balaban J connectivity index is 1.37. The van der Waals surface area contributed by atoms with E-state index >= 15 is 0 Å². The molecule has 37 heavy (non-hydrogen) atoms. The largest absolute Gasteiger partial charge is 0.294 e. The highest BCUT2D eigenvalue weighted by molar-refractivity contribution is 6.08. The van der Waals surface area contributed by atoms with E-state index in [1.165, 1.54) is 5.56 Å². The summed E-state index contributed by atoms with van der Waals surface area (Å²) in [4.78, 5) is 20.5. The van der Waals surface area contributed by atoms with Crippen LogP contribution in [0.4, 0.5) is 0 Å². The van der Waals surface area contributed by atoms with Crippen LogP contribution in [0.2, 0.25) is 0 Å². The number of carbonyl (C=O) groups excluding carboxylic acids is 1. The van der Waals surface area contributed by atoms with Crippen molar-refractivity contribution in [1.29, 1.82) is 0 Å². The van der Waals surface area contributed by atoms with Gasteiger partial charge in [0.25, 0.3) is 5.91 Å². The highest BCUT2D eigenvalue weighted by atomic mass is 16.2. The van der Waals surface area contributed by atoms with Crippen molar-refractivity contribution in [2.75, 3.05) is 0 Å². The molecule has 0 bridgehead atoms. The lowest BCUT2D eigenvalue weighted by Gasteiger charge is -2.23. The summed E-state index contributed by atoms with van der Waals surface area (Å²) < 4.78 is 0. The number of hydrogen-bond acceptors (Lipinski definition) is 5. The second-order valence-electron chi connectivity index (χ2n) is 9.97. The number of aromatic nitrogens is 4. The molecule has 1 aromatic heterocycles. The van der Waals surface area contributed by atoms with E-state index in [9.17, 15) is 4.79 Å². The number of aliphatic imine (C=N–C) groups is 1. The Morgan fingerprint density at radius 2 is 1.68 bits per heavy atom. The molecule has 2 heterocycles. The van der Waals surface area contributed by atoms with Gasteiger partial charge in [0.05, 0.1) is 6.54 Å². The highest BCUT2D eigenvalue weighted by Crippen LogP contribution is 2.40. The zero-order chi connectivity index (χ0) is 25.2. The average Bonchev–Trinajstić information content (AvgIpc) is 3.69. The Hall–Kier alpha value is -4.13. The lowest BCUT2D eigenvalue weighted by atomic mass is 9.94. The van der Waals surface area contributed by atoms with Gasteiger partial charge in [0.1, 0.15) is 11.4 Å². The third kappa shape index (κ3) is 4.35. The van der Waals surface area contributed by atoms with E-state index in [0.29, 0.717) is 12.4 Å². The number of benzene rings is 3. The molecule has 2 aliphatic rings. The average molecular weight is 491 g/mol. The SMILES string of the molecule is CCCC1=NC2(CCCC2)C(=O)N1Cc1ccc(-c2cccc(-c3ccccc3)c2)c(-c2nn[nH]n2)c1. The maximum atomic E-state index is 13.6. The van der Waals surface area contributed by atoms with E-state index in [0.717, 1.165) is 72.2 Å². The fourth-order valence-electron chi connectivity index (χ4n) is 5.67. The number of tetrazole rings is 1. The van der Waals surface area contributed by atoms with Gasteiger partial charge in [0.2, 0.25) is 5.82 Å². The normalized spacial score (nSPS) is 16.5. The van der Waals surface area contributed by atoms with Crippen LogP contribution in [0.15, 0.2) is 77.8 Å². The third-order valence-electron chi connectivity index (χ3n) is 7.49. The predicted octanol–water partition coefficient (Wildman–Crippen LogP) is 6.05. The maximum absolute atomic E-state index is 13.6. The predicted molar refractivity (Wildman–Crippen MR) is 145 cm³/mol. The van der Waals surface area contributed by atoms with Gasteiger partial charge in [-0.2, -0.15) is 5.21 Å². The van der Waals surface area contributed by atoms with Gasteiger partial charge < -0.3 is 0 Å². The first-order valence-corrected chi connectivity index (χ1v) is 13.1. The molecule has 3 aromatic carbocycles. The van der Waals surface area contributed by atoms with Crippen LogP contribution >= 0.6 is 0 Å². The fourth-order valence-corrected chi connectivity index (χ4v) is 5.67. The van der Waals surface area contributed by atoms with Crippen LogP contribution in [0, 0.1) is 0 Å². The topological polar surface area (TPSA) is 87.1 Å². The first-order chi connectivity index (χ1) is 18.2. The van der Waals surface area contributed by atoms with Crippen LogP contribution in [0.3, 0.4) is 0 Å². The molecule has 0 saturated heterocycles. The molecule has 0 atom stereocenters. The van der Waals surface area contributed by atoms with E-state index in [-0.39, 0.29) is 5.91 Å². The molecule has 0 radical (unpaired) electrons.